The number of hydrogen-bond donors (Lipinski definition) is 1. The summed E-state index contributed by atoms with van der Waals surface area (Å²) < 4.78 is 5.63. The summed E-state index contributed by atoms with van der Waals surface area (Å²) in [6, 6.07) is 4.18. The van der Waals surface area contributed by atoms with Gasteiger partial charge in [0.25, 0.3) is 0 Å². The highest BCUT2D eigenvalue weighted by Crippen LogP contribution is 2.22. The molecule has 0 radical (unpaired) electrons. The van der Waals surface area contributed by atoms with E-state index in [0.717, 1.165) is 43.4 Å². The van der Waals surface area contributed by atoms with Crippen LogP contribution in [0.4, 0.5) is 5.82 Å². The van der Waals surface area contributed by atoms with Crippen LogP contribution < -0.4 is 15.0 Å². The van der Waals surface area contributed by atoms with Crippen LogP contribution in [-0.4, -0.2) is 31.2 Å². The van der Waals surface area contributed by atoms with Crippen LogP contribution in [0.2, 0.25) is 0 Å². The molecule has 2 heterocycles. The molecular weight excluding hydrogens is 202 g/mol. The van der Waals surface area contributed by atoms with Gasteiger partial charge in [-0.05, 0) is 26.0 Å². The molecule has 0 spiro atoms. The first-order valence-electron chi connectivity index (χ1n) is 5.93. The van der Waals surface area contributed by atoms with Crippen molar-refractivity contribution in [2.75, 3.05) is 31.1 Å². The van der Waals surface area contributed by atoms with E-state index in [4.69, 9.17) is 4.74 Å². The second kappa shape index (κ2) is 5.16. The molecule has 0 saturated carbocycles. The quantitative estimate of drug-likeness (QED) is 0.837. The summed E-state index contributed by atoms with van der Waals surface area (Å²) in [5, 5.41) is 3.30. The van der Waals surface area contributed by atoms with E-state index in [9.17, 15) is 0 Å². The lowest BCUT2D eigenvalue weighted by molar-refractivity contribution is 0.314. The van der Waals surface area contributed by atoms with Gasteiger partial charge >= 0.3 is 0 Å². The second-order valence-corrected chi connectivity index (χ2v) is 3.83. The summed E-state index contributed by atoms with van der Waals surface area (Å²) in [6.45, 7) is 8.65. The van der Waals surface area contributed by atoms with Gasteiger partial charge in [-0.3, -0.25) is 0 Å². The molecule has 88 valence electrons. The minimum atomic E-state index is 0.696. The minimum absolute atomic E-state index is 0.696. The Morgan fingerprint density at radius 1 is 1.38 bits per heavy atom. The van der Waals surface area contributed by atoms with E-state index < -0.39 is 0 Å². The van der Waals surface area contributed by atoms with Crippen LogP contribution in [0.15, 0.2) is 12.1 Å². The van der Waals surface area contributed by atoms with Gasteiger partial charge in [0.05, 0.1) is 0 Å². The number of ether oxygens (including phenoxy) is 1. The minimum Gasteiger partial charge on any atom is -0.476 e. The maximum atomic E-state index is 5.63. The summed E-state index contributed by atoms with van der Waals surface area (Å²) in [6.07, 6.45) is 0. The molecule has 0 aliphatic carbocycles. The van der Waals surface area contributed by atoms with Crippen LogP contribution >= 0.6 is 0 Å². The number of aromatic nitrogens is 1. The van der Waals surface area contributed by atoms with Crippen LogP contribution in [0, 0.1) is 0 Å². The van der Waals surface area contributed by atoms with Crippen molar-refractivity contribution >= 4 is 5.82 Å². The molecule has 16 heavy (non-hydrogen) atoms. The number of nitrogens with zero attached hydrogens (tertiary/aromatic N) is 2. The molecule has 0 saturated heterocycles. The summed E-state index contributed by atoms with van der Waals surface area (Å²) in [5.41, 5.74) is 1.15. The van der Waals surface area contributed by atoms with Crippen molar-refractivity contribution in [3.63, 3.8) is 0 Å². The maximum absolute atomic E-state index is 5.63. The Morgan fingerprint density at radius 3 is 2.94 bits per heavy atom. The van der Waals surface area contributed by atoms with Crippen LogP contribution in [0.1, 0.15) is 19.4 Å². The number of hydrogen-bond acceptors (Lipinski definition) is 4. The zero-order valence-electron chi connectivity index (χ0n) is 9.99. The second-order valence-electron chi connectivity index (χ2n) is 3.83. The molecule has 1 aliphatic heterocycles. The summed E-state index contributed by atoms with van der Waals surface area (Å²) in [5.74, 6) is 1.79. The number of anilines is 1. The monoisotopic (exact) mass is 221 g/mol. The molecular formula is C12H19N3O. The fourth-order valence-corrected chi connectivity index (χ4v) is 1.89. The molecule has 0 amide bonds. The third kappa shape index (κ3) is 2.27. The van der Waals surface area contributed by atoms with E-state index in [0.29, 0.717) is 6.61 Å². The van der Waals surface area contributed by atoms with Crippen LogP contribution in [0.3, 0.4) is 0 Å². The normalized spacial score (nSPS) is 14.9. The van der Waals surface area contributed by atoms with Gasteiger partial charge in [0.15, 0.2) is 0 Å². The van der Waals surface area contributed by atoms with Crippen molar-refractivity contribution in [3.8, 4) is 5.88 Å². The van der Waals surface area contributed by atoms with E-state index in [2.05, 4.69) is 41.2 Å². The lowest BCUT2D eigenvalue weighted by Crippen LogP contribution is -2.23. The van der Waals surface area contributed by atoms with Crippen molar-refractivity contribution in [3.05, 3.63) is 17.7 Å². The SMILES string of the molecule is CCN(CC)c1ccc2c(n1)OCCNC2. The van der Waals surface area contributed by atoms with E-state index in [1.165, 1.54) is 0 Å². The van der Waals surface area contributed by atoms with Crippen molar-refractivity contribution in [2.24, 2.45) is 0 Å². The molecule has 2 rings (SSSR count). The van der Waals surface area contributed by atoms with Crippen molar-refractivity contribution in [2.45, 2.75) is 20.4 Å². The van der Waals surface area contributed by atoms with E-state index in [1.807, 2.05) is 0 Å². The fraction of sp³-hybridized carbons (Fsp3) is 0.583. The first kappa shape index (κ1) is 11.2. The molecule has 0 atom stereocenters. The van der Waals surface area contributed by atoms with Crippen LogP contribution in [0.25, 0.3) is 0 Å². The Kier molecular flexibility index (Phi) is 3.62. The molecule has 0 fully saturated rings. The molecule has 0 aromatic carbocycles. The molecule has 4 nitrogen and oxygen atoms in total. The number of rotatable bonds is 3. The lowest BCUT2D eigenvalue weighted by atomic mass is 10.2. The molecule has 0 unspecified atom stereocenters. The Balaban J connectivity index is 2.26. The highest BCUT2D eigenvalue weighted by Gasteiger charge is 2.12. The van der Waals surface area contributed by atoms with Crippen LogP contribution in [-0.2, 0) is 6.54 Å². The Morgan fingerprint density at radius 2 is 2.19 bits per heavy atom. The average molecular weight is 221 g/mol. The Hall–Kier alpha value is -1.29. The third-order valence-electron chi connectivity index (χ3n) is 2.84. The van der Waals surface area contributed by atoms with Gasteiger partial charge in [-0.25, -0.2) is 0 Å². The van der Waals surface area contributed by atoms with Gasteiger partial charge in [-0.15, -0.1) is 0 Å². The predicted octanol–water partition coefficient (Wildman–Crippen LogP) is 1.41. The van der Waals surface area contributed by atoms with Crippen molar-refractivity contribution in [1.82, 2.24) is 10.3 Å². The van der Waals surface area contributed by atoms with Crippen LogP contribution in [0.5, 0.6) is 5.88 Å². The molecule has 1 aliphatic rings. The number of pyridine rings is 1. The molecule has 1 aromatic rings. The topological polar surface area (TPSA) is 37.4 Å². The highest BCUT2D eigenvalue weighted by atomic mass is 16.5. The Labute approximate surface area is 96.6 Å². The van der Waals surface area contributed by atoms with Crippen molar-refractivity contribution < 1.29 is 4.74 Å². The van der Waals surface area contributed by atoms with E-state index in [1.54, 1.807) is 0 Å². The number of fused-ring (bicyclic) bond motifs is 1. The predicted molar refractivity (Wildman–Crippen MR) is 65.0 cm³/mol. The zero-order chi connectivity index (χ0) is 11.4. The fourth-order valence-electron chi connectivity index (χ4n) is 1.89. The molecule has 1 aromatic heterocycles. The standard InChI is InChI=1S/C12H19N3O/c1-3-15(4-2)11-6-5-10-9-13-7-8-16-12(10)14-11/h5-6,13H,3-4,7-9H2,1-2H3. The molecule has 1 N–H and O–H groups in total. The molecule has 4 heteroatoms. The number of nitrogens with one attached hydrogen (secondary N) is 1. The third-order valence-corrected chi connectivity index (χ3v) is 2.84. The van der Waals surface area contributed by atoms with E-state index >= 15 is 0 Å². The van der Waals surface area contributed by atoms with Gasteiger partial charge < -0.3 is 15.0 Å². The maximum Gasteiger partial charge on any atom is 0.219 e. The summed E-state index contributed by atoms with van der Waals surface area (Å²) in [7, 11) is 0. The summed E-state index contributed by atoms with van der Waals surface area (Å²) in [4.78, 5) is 6.80. The van der Waals surface area contributed by atoms with E-state index in [-0.39, 0.29) is 0 Å². The average Bonchev–Trinajstić information content (AvgIpc) is 2.55. The van der Waals surface area contributed by atoms with Crippen molar-refractivity contribution in [1.29, 1.82) is 0 Å². The van der Waals surface area contributed by atoms with Gasteiger partial charge in [0.2, 0.25) is 5.88 Å². The van der Waals surface area contributed by atoms with Gasteiger partial charge in [-0.2, -0.15) is 4.98 Å². The first-order valence-corrected chi connectivity index (χ1v) is 5.93. The largest absolute Gasteiger partial charge is 0.476 e. The highest BCUT2D eigenvalue weighted by molar-refractivity contribution is 5.44. The zero-order valence-corrected chi connectivity index (χ0v) is 9.99. The van der Waals surface area contributed by atoms with Gasteiger partial charge in [0.1, 0.15) is 12.4 Å². The molecule has 0 bridgehead atoms. The smallest absolute Gasteiger partial charge is 0.219 e. The van der Waals surface area contributed by atoms with Gasteiger partial charge in [0, 0.05) is 31.7 Å². The summed E-state index contributed by atoms with van der Waals surface area (Å²) >= 11 is 0. The Bertz CT molecular complexity index is 350. The lowest BCUT2D eigenvalue weighted by Gasteiger charge is -2.20. The van der Waals surface area contributed by atoms with Gasteiger partial charge in [-0.1, -0.05) is 0 Å². The first-order chi connectivity index (χ1) is 7.85.